The Morgan fingerprint density at radius 2 is 1.88 bits per heavy atom. The molecule has 96 valence electrons. The first-order chi connectivity index (χ1) is 7.56. The van der Waals surface area contributed by atoms with Crippen LogP contribution >= 0.6 is 11.3 Å². The molecule has 0 aliphatic rings. The highest BCUT2D eigenvalue weighted by molar-refractivity contribution is 7.13. The lowest BCUT2D eigenvalue weighted by Gasteiger charge is -2.30. The minimum atomic E-state index is -4.49. The molecule has 0 saturated heterocycles. The molecule has 0 aliphatic carbocycles. The minimum Gasteiger partial charge on any atom is -0.297 e. The van der Waals surface area contributed by atoms with Gasteiger partial charge in [0.05, 0.1) is 10.4 Å². The molecular formula is C10H13F3N2OS. The summed E-state index contributed by atoms with van der Waals surface area (Å²) in [5.74, 6) is -0.365. The molecule has 0 aromatic carbocycles. The van der Waals surface area contributed by atoms with Gasteiger partial charge in [0.25, 0.3) is 0 Å². The van der Waals surface area contributed by atoms with E-state index in [1.807, 2.05) is 0 Å². The molecule has 0 spiro atoms. The Bertz CT molecular complexity index is 423. The molecule has 1 rings (SSSR count). The third-order valence-electron chi connectivity index (χ3n) is 2.65. The first-order valence-electron chi connectivity index (χ1n) is 4.82. The van der Waals surface area contributed by atoms with Crippen molar-refractivity contribution in [2.24, 2.45) is 0 Å². The molecule has 1 heterocycles. The fourth-order valence-corrected chi connectivity index (χ4v) is 1.89. The molecule has 0 radical (unpaired) electrons. The summed E-state index contributed by atoms with van der Waals surface area (Å²) >= 11 is 0.380. The van der Waals surface area contributed by atoms with Gasteiger partial charge in [-0.25, -0.2) is 4.98 Å². The third kappa shape index (κ3) is 2.84. The monoisotopic (exact) mass is 266 g/mol. The molecule has 3 nitrogen and oxygen atoms in total. The van der Waals surface area contributed by atoms with Crippen molar-refractivity contribution in [3.05, 3.63) is 16.1 Å². The van der Waals surface area contributed by atoms with Crippen molar-refractivity contribution in [2.45, 2.75) is 25.6 Å². The minimum absolute atomic E-state index is 0.0241. The number of nitrogens with zero attached hydrogens (tertiary/aromatic N) is 2. The van der Waals surface area contributed by atoms with Gasteiger partial charge in [-0.1, -0.05) is 0 Å². The molecule has 0 saturated carbocycles. The standard InChI is InChI=1S/C10H13F3N2OS/c1-9(2,15(3)4)7(16)6-5-14-8(17-6)10(11,12)13/h5H,1-4H3. The van der Waals surface area contributed by atoms with Crippen molar-refractivity contribution < 1.29 is 18.0 Å². The van der Waals surface area contributed by atoms with E-state index in [-0.39, 0.29) is 10.7 Å². The maximum atomic E-state index is 12.3. The summed E-state index contributed by atoms with van der Waals surface area (Å²) in [4.78, 5) is 16.9. The molecule has 17 heavy (non-hydrogen) atoms. The highest BCUT2D eigenvalue weighted by Crippen LogP contribution is 2.33. The van der Waals surface area contributed by atoms with Crippen LogP contribution in [-0.4, -0.2) is 35.3 Å². The Morgan fingerprint density at radius 3 is 2.24 bits per heavy atom. The maximum absolute atomic E-state index is 12.3. The van der Waals surface area contributed by atoms with Crippen molar-refractivity contribution in [3.63, 3.8) is 0 Å². The zero-order chi connectivity index (χ0) is 13.4. The summed E-state index contributed by atoms with van der Waals surface area (Å²) in [6.45, 7) is 3.31. The topological polar surface area (TPSA) is 33.2 Å². The van der Waals surface area contributed by atoms with Gasteiger partial charge in [-0.05, 0) is 27.9 Å². The van der Waals surface area contributed by atoms with Gasteiger partial charge in [-0.15, -0.1) is 11.3 Å². The number of alkyl halides is 3. The number of hydrogen-bond donors (Lipinski definition) is 0. The Kier molecular flexibility index (Phi) is 3.63. The molecule has 0 aliphatic heterocycles. The van der Waals surface area contributed by atoms with Crippen molar-refractivity contribution in [1.29, 1.82) is 0 Å². The van der Waals surface area contributed by atoms with Crippen LogP contribution in [0.15, 0.2) is 6.20 Å². The van der Waals surface area contributed by atoms with Crippen LogP contribution < -0.4 is 0 Å². The predicted molar refractivity (Wildman–Crippen MR) is 59.2 cm³/mol. The number of thiazole rings is 1. The smallest absolute Gasteiger partial charge is 0.297 e. The van der Waals surface area contributed by atoms with E-state index in [2.05, 4.69) is 4.98 Å². The van der Waals surface area contributed by atoms with Crippen LogP contribution in [0.5, 0.6) is 0 Å². The van der Waals surface area contributed by atoms with E-state index in [0.717, 1.165) is 6.20 Å². The Hall–Kier alpha value is -0.950. The van der Waals surface area contributed by atoms with Gasteiger partial charge in [0.2, 0.25) is 0 Å². The molecule has 1 aromatic heterocycles. The zero-order valence-electron chi connectivity index (χ0n) is 9.92. The summed E-state index contributed by atoms with van der Waals surface area (Å²) < 4.78 is 37.0. The van der Waals surface area contributed by atoms with Gasteiger partial charge in [-0.2, -0.15) is 13.2 Å². The Morgan fingerprint density at radius 1 is 1.35 bits per heavy atom. The van der Waals surface area contributed by atoms with Crippen LogP contribution in [0.3, 0.4) is 0 Å². The highest BCUT2D eigenvalue weighted by Gasteiger charge is 2.38. The number of halogens is 3. The molecule has 0 bridgehead atoms. The second kappa shape index (κ2) is 4.38. The fraction of sp³-hybridized carbons (Fsp3) is 0.600. The first kappa shape index (κ1) is 14.1. The average molecular weight is 266 g/mol. The number of likely N-dealkylation sites (N-methyl/N-ethyl adjacent to an activating group) is 1. The van der Waals surface area contributed by atoms with E-state index >= 15 is 0 Å². The Labute approximate surface area is 101 Å². The van der Waals surface area contributed by atoms with Crippen molar-refractivity contribution in [3.8, 4) is 0 Å². The van der Waals surface area contributed by atoms with Crippen LogP contribution in [0, 0.1) is 0 Å². The molecule has 1 aromatic rings. The van der Waals surface area contributed by atoms with Crippen LogP contribution in [-0.2, 0) is 6.18 Å². The Balaban J connectivity index is 3.03. The van der Waals surface area contributed by atoms with E-state index < -0.39 is 16.7 Å². The molecule has 7 heteroatoms. The fourth-order valence-electron chi connectivity index (χ4n) is 1.01. The number of hydrogen-bond acceptors (Lipinski definition) is 4. The van der Waals surface area contributed by atoms with Gasteiger partial charge in [0.15, 0.2) is 10.8 Å². The van der Waals surface area contributed by atoms with E-state index in [9.17, 15) is 18.0 Å². The summed E-state index contributed by atoms with van der Waals surface area (Å²) in [5.41, 5.74) is -0.852. The normalized spacial score (nSPS) is 13.2. The molecule has 0 unspecified atom stereocenters. The lowest BCUT2D eigenvalue weighted by Crippen LogP contribution is -2.45. The van der Waals surface area contributed by atoms with Crippen molar-refractivity contribution in [2.75, 3.05) is 14.1 Å². The molecule has 0 fully saturated rings. The van der Waals surface area contributed by atoms with E-state index in [0.29, 0.717) is 11.3 Å². The van der Waals surface area contributed by atoms with Gasteiger partial charge >= 0.3 is 6.18 Å². The van der Waals surface area contributed by atoms with Gasteiger partial charge in [0.1, 0.15) is 0 Å². The maximum Gasteiger partial charge on any atom is 0.443 e. The lowest BCUT2D eigenvalue weighted by atomic mass is 9.97. The SMILES string of the molecule is CN(C)C(C)(C)C(=O)c1cnc(C(F)(F)F)s1. The largest absolute Gasteiger partial charge is 0.443 e. The highest BCUT2D eigenvalue weighted by atomic mass is 32.1. The number of aromatic nitrogens is 1. The number of Topliss-reactive ketones (excluding diaryl/α,β-unsaturated/α-hetero) is 1. The van der Waals surface area contributed by atoms with Crippen LogP contribution in [0.2, 0.25) is 0 Å². The van der Waals surface area contributed by atoms with E-state index in [1.165, 1.54) is 0 Å². The zero-order valence-corrected chi connectivity index (χ0v) is 10.7. The molecular weight excluding hydrogens is 253 g/mol. The van der Waals surface area contributed by atoms with Gasteiger partial charge < -0.3 is 0 Å². The van der Waals surface area contributed by atoms with Gasteiger partial charge in [-0.3, -0.25) is 9.69 Å². The average Bonchev–Trinajstić information content (AvgIpc) is 2.63. The van der Waals surface area contributed by atoms with Crippen LogP contribution in [0.4, 0.5) is 13.2 Å². The van der Waals surface area contributed by atoms with Crippen LogP contribution in [0.25, 0.3) is 0 Å². The van der Waals surface area contributed by atoms with Crippen LogP contribution in [0.1, 0.15) is 28.5 Å². The van der Waals surface area contributed by atoms with E-state index in [1.54, 1.807) is 32.8 Å². The molecule has 0 atom stereocenters. The number of rotatable bonds is 3. The quantitative estimate of drug-likeness (QED) is 0.789. The number of carbonyl (C=O) groups excluding carboxylic acids is 1. The number of carbonyl (C=O) groups is 1. The summed E-state index contributed by atoms with van der Waals surface area (Å²) in [6.07, 6.45) is -3.51. The predicted octanol–water partition coefficient (Wildman–Crippen LogP) is 2.68. The second-order valence-corrected chi connectivity index (χ2v) is 5.34. The van der Waals surface area contributed by atoms with Crippen molar-refractivity contribution >= 4 is 17.1 Å². The van der Waals surface area contributed by atoms with Crippen molar-refractivity contribution in [1.82, 2.24) is 9.88 Å². The lowest BCUT2D eigenvalue weighted by molar-refractivity contribution is -0.137. The number of ketones is 1. The summed E-state index contributed by atoms with van der Waals surface area (Å²) in [6, 6.07) is 0. The first-order valence-corrected chi connectivity index (χ1v) is 5.63. The summed E-state index contributed by atoms with van der Waals surface area (Å²) in [7, 11) is 3.40. The second-order valence-electron chi connectivity index (χ2n) is 4.31. The molecule has 0 amide bonds. The van der Waals surface area contributed by atoms with Gasteiger partial charge in [0, 0.05) is 6.20 Å². The summed E-state index contributed by atoms with van der Waals surface area (Å²) in [5, 5.41) is -0.990. The van der Waals surface area contributed by atoms with E-state index in [4.69, 9.17) is 0 Å². The molecule has 0 N–H and O–H groups in total. The third-order valence-corrected chi connectivity index (χ3v) is 3.69.